The fourth-order valence-corrected chi connectivity index (χ4v) is 10.9. The van der Waals surface area contributed by atoms with Gasteiger partial charge in [0, 0.05) is 44.6 Å². The fraction of sp³-hybridized carbons (Fsp3) is 0.0877. The summed E-state index contributed by atoms with van der Waals surface area (Å²) in [5.41, 5.74) is 16.4. The van der Waals surface area contributed by atoms with E-state index in [2.05, 4.69) is 229 Å². The summed E-state index contributed by atoms with van der Waals surface area (Å²) in [6.07, 6.45) is 15.6. The summed E-state index contributed by atoms with van der Waals surface area (Å²) in [6, 6.07) is 64.4. The van der Waals surface area contributed by atoms with Crippen LogP contribution in [0.25, 0.3) is 61.4 Å². The lowest BCUT2D eigenvalue weighted by atomic mass is 9.66. The van der Waals surface area contributed by atoms with Crippen LogP contribution in [0.2, 0.25) is 0 Å². The number of aromatic nitrogens is 1. The van der Waals surface area contributed by atoms with Gasteiger partial charge in [0.25, 0.3) is 0 Å². The average molecular weight is 755 g/mol. The molecular formula is C57H42N2. The Morgan fingerprint density at radius 2 is 1.29 bits per heavy atom. The van der Waals surface area contributed by atoms with Gasteiger partial charge in [0.15, 0.2) is 0 Å². The Hall–Kier alpha value is -7.16. The highest BCUT2D eigenvalue weighted by Crippen LogP contribution is 2.62. The number of anilines is 2. The fourth-order valence-electron chi connectivity index (χ4n) is 10.9. The van der Waals surface area contributed by atoms with Crippen LogP contribution in [-0.2, 0) is 0 Å². The molecule has 3 unspecified atom stereocenters. The van der Waals surface area contributed by atoms with Crippen LogP contribution in [0.3, 0.4) is 0 Å². The van der Waals surface area contributed by atoms with E-state index in [0.717, 1.165) is 12.1 Å². The first-order valence-corrected chi connectivity index (χ1v) is 20.9. The highest BCUT2D eigenvalue weighted by molar-refractivity contribution is 6.11. The molecule has 0 spiro atoms. The van der Waals surface area contributed by atoms with E-state index in [4.69, 9.17) is 0 Å². The van der Waals surface area contributed by atoms with Crippen LogP contribution < -0.4 is 15.3 Å². The van der Waals surface area contributed by atoms with Crippen LogP contribution in [0.5, 0.6) is 0 Å². The number of hydrogen-bond acceptors (Lipinski definition) is 1. The molecule has 2 heteroatoms. The minimum atomic E-state index is 0.0147. The van der Waals surface area contributed by atoms with E-state index in [1.54, 1.807) is 0 Å². The molecule has 0 aliphatic heterocycles. The van der Waals surface area contributed by atoms with Crippen molar-refractivity contribution in [1.29, 1.82) is 0 Å². The third-order valence-corrected chi connectivity index (χ3v) is 13.5. The first kappa shape index (κ1) is 33.9. The minimum absolute atomic E-state index is 0.0147. The van der Waals surface area contributed by atoms with E-state index >= 15 is 0 Å². The van der Waals surface area contributed by atoms with Gasteiger partial charge >= 0.3 is 0 Å². The van der Waals surface area contributed by atoms with Crippen LogP contribution in [0, 0.1) is 17.3 Å². The molecule has 4 aliphatic carbocycles. The first-order chi connectivity index (χ1) is 29.2. The van der Waals surface area contributed by atoms with Crippen molar-refractivity contribution in [1.82, 2.24) is 4.57 Å². The molecule has 1 heterocycles. The molecule has 1 fully saturated rings. The quantitative estimate of drug-likeness (QED) is 0.164. The number of allylic oxidation sites excluding steroid dienone is 7. The SMILES string of the molecule is CC12C=CC=C3C=c4ccccc4=C(C4=CC(N(c5ccc6c(c5)c5ccccc5n6-c5ccccc5-c5ccccc5)c5ccccc5-c5ccccc5)=CCC41)C32. The van der Waals surface area contributed by atoms with Gasteiger partial charge in [0.2, 0.25) is 0 Å². The average Bonchev–Trinajstić information content (AvgIpc) is 3.77. The number of hydrogen-bond donors (Lipinski definition) is 0. The molecule has 7 aromatic carbocycles. The highest BCUT2D eigenvalue weighted by atomic mass is 15.2. The number of para-hydroxylation sites is 3. The van der Waals surface area contributed by atoms with Crippen LogP contribution in [-0.4, -0.2) is 4.57 Å². The van der Waals surface area contributed by atoms with Crippen LogP contribution >= 0.6 is 0 Å². The van der Waals surface area contributed by atoms with E-state index in [9.17, 15) is 0 Å². The van der Waals surface area contributed by atoms with Crippen LogP contribution in [0.15, 0.2) is 223 Å². The molecule has 1 saturated carbocycles. The molecule has 1 aromatic heterocycles. The molecule has 0 N–H and O–H groups in total. The van der Waals surface area contributed by atoms with Gasteiger partial charge in [-0.3, -0.25) is 0 Å². The Morgan fingerprint density at radius 3 is 2.14 bits per heavy atom. The van der Waals surface area contributed by atoms with E-state index in [0.29, 0.717) is 11.8 Å². The number of benzene rings is 7. The van der Waals surface area contributed by atoms with Gasteiger partial charge in [-0.1, -0.05) is 177 Å². The Bertz CT molecular complexity index is 3270. The van der Waals surface area contributed by atoms with Gasteiger partial charge in [-0.15, -0.1) is 0 Å². The Labute approximate surface area is 345 Å². The lowest BCUT2D eigenvalue weighted by Crippen LogP contribution is -2.37. The molecule has 4 aliphatic rings. The smallest absolute Gasteiger partial charge is 0.0542 e. The maximum Gasteiger partial charge on any atom is 0.0542 e. The summed E-state index contributed by atoms with van der Waals surface area (Å²) in [7, 11) is 0. The van der Waals surface area contributed by atoms with Crippen molar-refractivity contribution in [2.75, 3.05) is 4.90 Å². The van der Waals surface area contributed by atoms with Crippen molar-refractivity contribution in [2.45, 2.75) is 13.3 Å². The third-order valence-electron chi connectivity index (χ3n) is 13.5. The molecule has 0 saturated heterocycles. The maximum absolute atomic E-state index is 2.55. The monoisotopic (exact) mass is 754 g/mol. The standard InChI is InChI=1S/C57H42N2/c1-57-34-16-22-41-35-40-21-8-9-25-46(40)55(56(41)57)49-37-42(30-32-50(49)57)58(51-27-13-10-23-44(51)38-17-4-2-5-18-38)43-31-33-54-48(36-43)47-26-12-15-29-53(47)59(54)52-28-14-11-24-45(52)39-19-6-3-7-20-39/h2-31,33-37,50,56H,32H2,1H3. The van der Waals surface area contributed by atoms with Gasteiger partial charge in [-0.2, -0.15) is 0 Å². The van der Waals surface area contributed by atoms with Crippen molar-refractivity contribution in [3.8, 4) is 27.9 Å². The molecule has 12 rings (SSSR count). The van der Waals surface area contributed by atoms with Gasteiger partial charge in [-0.05, 0) is 93.1 Å². The topological polar surface area (TPSA) is 8.17 Å². The van der Waals surface area contributed by atoms with Crippen LogP contribution in [0.1, 0.15) is 13.3 Å². The van der Waals surface area contributed by atoms with E-state index in [-0.39, 0.29) is 5.41 Å². The zero-order chi connectivity index (χ0) is 39.1. The Morgan fingerprint density at radius 1 is 0.610 bits per heavy atom. The molecular weight excluding hydrogens is 713 g/mol. The van der Waals surface area contributed by atoms with Crippen molar-refractivity contribution < 1.29 is 0 Å². The largest absolute Gasteiger partial charge is 0.310 e. The lowest BCUT2D eigenvalue weighted by Gasteiger charge is -2.38. The Kier molecular flexibility index (Phi) is 7.59. The Balaban J connectivity index is 1.10. The molecule has 0 amide bonds. The maximum atomic E-state index is 2.55. The van der Waals surface area contributed by atoms with Gasteiger partial charge in [0.05, 0.1) is 22.4 Å². The summed E-state index contributed by atoms with van der Waals surface area (Å²) in [6.45, 7) is 2.50. The molecule has 0 radical (unpaired) electrons. The van der Waals surface area contributed by atoms with Crippen LogP contribution in [0.4, 0.5) is 11.4 Å². The number of fused-ring (bicyclic) bond motifs is 7. The predicted octanol–water partition coefficient (Wildman–Crippen LogP) is 12.9. The number of nitrogens with zero attached hydrogens (tertiary/aromatic N) is 2. The number of rotatable bonds is 6. The van der Waals surface area contributed by atoms with Gasteiger partial charge in [-0.25, -0.2) is 0 Å². The van der Waals surface area contributed by atoms with Crippen molar-refractivity contribution in [3.63, 3.8) is 0 Å². The second kappa shape index (κ2) is 13.2. The first-order valence-electron chi connectivity index (χ1n) is 20.9. The molecule has 2 nitrogen and oxygen atoms in total. The molecule has 3 atom stereocenters. The summed E-state index contributed by atoms with van der Waals surface area (Å²) >= 11 is 0. The van der Waals surface area contributed by atoms with Crippen molar-refractivity contribution in [2.24, 2.45) is 17.3 Å². The summed E-state index contributed by atoms with van der Waals surface area (Å²) < 4.78 is 2.46. The lowest BCUT2D eigenvalue weighted by molar-refractivity contribution is 0.283. The zero-order valence-corrected chi connectivity index (χ0v) is 33.0. The van der Waals surface area contributed by atoms with Gasteiger partial charge < -0.3 is 9.47 Å². The molecule has 8 aromatic rings. The van der Waals surface area contributed by atoms with E-state index in [1.807, 2.05) is 0 Å². The van der Waals surface area contributed by atoms with E-state index in [1.165, 1.54) is 88.3 Å². The van der Waals surface area contributed by atoms with Crippen molar-refractivity contribution >= 4 is 44.8 Å². The normalized spacial score (nSPS) is 19.9. The second-order valence-electron chi connectivity index (χ2n) is 16.6. The summed E-state index contributed by atoms with van der Waals surface area (Å²) in [5.74, 6) is 0.736. The van der Waals surface area contributed by atoms with Crippen molar-refractivity contribution in [3.05, 3.63) is 234 Å². The second-order valence-corrected chi connectivity index (χ2v) is 16.6. The summed E-state index contributed by atoms with van der Waals surface area (Å²) in [4.78, 5) is 2.54. The van der Waals surface area contributed by atoms with Gasteiger partial charge in [0.1, 0.15) is 0 Å². The highest BCUT2D eigenvalue weighted by Gasteiger charge is 2.53. The molecule has 0 bridgehead atoms. The van der Waals surface area contributed by atoms with E-state index < -0.39 is 0 Å². The predicted molar refractivity (Wildman–Crippen MR) is 247 cm³/mol. The molecule has 280 valence electrons. The third kappa shape index (κ3) is 5.12. The zero-order valence-electron chi connectivity index (χ0n) is 33.0. The molecule has 59 heavy (non-hydrogen) atoms. The summed E-state index contributed by atoms with van der Waals surface area (Å²) in [5, 5.41) is 5.18. The minimum Gasteiger partial charge on any atom is -0.310 e.